The average molecular weight is 845 g/mol. The highest BCUT2D eigenvalue weighted by molar-refractivity contribution is 5.70. The molecule has 0 bridgehead atoms. The highest BCUT2D eigenvalue weighted by Crippen LogP contribution is 2.34. The highest BCUT2D eigenvalue weighted by atomic mass is 16.6. The molecular weight excluding hydrogens is 753 g/mol. The molecule has 12 nitrogen and oxygen atoms in total. The second-order valence-corrected chi connectivity index (χ2v) is 17.1. The van der Waals surface area contributed by atoms with Crippen LogP contribution in [0.3, 0.4) is 0 Å². The van der Waals surface area contributed by atoms with E-state index in [9.17, 15) is 35.1 Å². The number of aliphatic hydroxyl groups is 5. The fraction of sp³-hybridized carbons (Fsp3) is 0.957. The Kier molecular flexibility index (Phi) is 35.1. The van der Waals surface area contributed by atoms with Gasteiger partial charge in [-0.25, -0.2) is 0 Å². The molecule has 0 saturated carbocycles. The average Bonchev–Trinajstić information content (AvgIpc) is 3.99. The van der Waals surface area contributed by atoms with Gasteiger partial charge in [0, 0.05) is 38.0 Å². The van der Waals surface area contributed by atoms with Crippen molar-refractivity contribution in [2.45, 2.75) is 237 Å². The van der Waals surface area contributed by atoms with Gasteiger partial charge in [0.15, 0.2) is 6.10 Å². The van der Waals surface area contributed by atoms with Crippen molar-refractivity contribution >= 4 is 11.9 Å². The molecule has 12 heteroatoms. The van der Waals surface area contributed by atoms with Crippen LogP contribution in [0, 0.1) is 0 Å². The van der Waals surface area contributed by atoms with E-state index >= 15 is 0 Å². The summed E-state index contributed by atoms with van der Waals surface area (Å²) in [6.45, 7) is 10.9. The van der Waals surface area contributed by atoms with Crippen LogP contribution in [0.4, 0.5) is 0 Å². The number of epoxide rings is 1. The molecule has 7 atom stereocenters. The number of ether oxygens (including phenoxy) is 3. The molecule has 5 N–H and O–H groups in total. The van der Waals surface area contributed by atoms with Crippen LogP contribution in [-0.4, -0.2) is 142 Å². The molecule has 0 amide bonds. The first-order valence-corrected chi connectivity index (χ1v) is 24.4. The van der Waals surface area contributed by atoms with Crippen molar-refractivity contribution in [3.63, 3.8) is 0 Å². The molecule has 0 aromatic carbocycles. The van der Waals surface area contributed by atoms with E-state index < -0.39 is 24.8 Å². The normalized spacial score (nSPS) is 17.9. The SMILES string of the molecule is CCCCCCCCC(O)C(CCCCCCCC(=O)OC(CO)COC(=O)CCCCCCCC1OC1CC(C(O)CCCCC)N(CC)CCO)N(CC)CCO. The maximum Gasteiger partial charge on any atom is 0.306 e. The number of hydrogen-bond donors (Lipinski definition) is 5. The summed E-state index contributed by atoms with van der Waals surface area (Å²) in [6, 6.07) is 0.0599. The van der Waals surface area contributed by atoms with E-state index in [1.807, 2.05) is 0 Å². The van der Waals surface area contributed by atoms with Gasteiger partial charge in [-0.2, -0.15) is 0 Å². The molecule has 7 unspecified atom stereocenters. The molecule has 0 aromatic rings. The zero-order valence-corrected chi connectivity index (χ0v) is 38.3. The summed E-state index contributed by atoms with van der Waals surface area (Å²) < 4.78 is 16.7. The molecule has 1 aliphatic heterocycles. The number of aliphatic hydroxyl groups excluding tert-OH is 5. The van der Waals surface area contributed by atoms with Gasteiger partial charge in [-0.05, 0) is 58.0 Å². The van der Waals surface area contributed by atoms with E-state index in [-0.39, 0.29) is 62.6 Å². The van der Waals surface area contributed by atoms with Crippen molar-refractivity contribution < 1.29 is 49.3 Å². The Hall–Kier alpha value is -1.38. The molecular formula is C47H92N2O10. The van der Waals surface area contributed by atoms with Crippen LogP contribution < -0.4 is 0 Å². The van der Waals surface area contributed by atoms with E-state index in [4.69, 9.17) is 14.2 Å². The van der Waals surface area contributed by atoms with Crippen LogP contribution in [0.1, 0.15) is 195 Å². The second-order valence-electron chi connectivity index (χ2n) is 17.1. The van der Waals surface area contributed by atoms with Gasteiger partial charge < -0.3 is 39.7 Å². The van der Waals surface area contributed by atoms with Crippen LogP contribution >= 0.6 is 0 Å². The smallest absolute Gasteiger partial charge is 0.306 e. The summed E-state index contributed by atoms with van der Waals surface area (Å²) >= 11 is 0. The second kappa shape index (κ2) is 37.2. The summed E-state index contributed by atoms with van der Waals surface area (Å²) in [6.07, 6.45) is 23.3. The minimum absolute atomic E-state index is 0.00655. The number of esters is 2. The minimum atomic E-state index is -0.862. The minimum Gasteiger partial charge on any atom is -0.462 e. The fourth-order valence-electron chi connectivity index (χ4n) is 8.47. The molecule has 0 radical (unpaired) electrons. The topological polar surface area (TPSA) is 173 Å². The maximum atomic E-state index is 12.4. The Balaban J connectivity index is 2.19. The number of carbonyl (C=O) groups excluding carboxylic acids is 2. The van der Waals surface area contributed by atoms with Crippen molar-refractivity contribution in [3.05, 3.63) is 0 Å². The van der Waals surface area contributed by atoms with Gasteiger partial charge in [0.1, 0.15) is 6.61 Å². The summed E-state index contributed by atoms with van der Waals surface area (Å²) in [5.41, 5.74) is 0. The van der Waals surface area contributed by atoms with Crippen molar-refractivity contribution in [1.82, 2.24) is 9.80 Å². The van der Waals surface area contributed by atoms with Crippen LogP contribution in [-0.2, 0) is 23.8 Å². The fourth-order valence-corrected chi connectivity index (χ4v) is 8.47. The third-order valence-corrected chi connectivity index (χ3v) is 12.2. The first kappa shape index (κ1) is 55.6. The molecule has 350 valence electrons. The molecule has 1 fully saturated rings. The van der Waals surface area contributed by atoms with Gasteiger partial charge in [-0.3, -0.25) is 19.4 Å². The number of carbonyl (C=O) groups is 2. The molecule has 1 rings (SSSR count). The third kappa shape index (κ3) is 27.3. The maximum absolute atomic E-state index is 12.4. The van der Waals surface area contributed by atoms with Crippen molar-refractivity contribution in [1.29, 1.82) is 0 Å². The van der Waals surface area contributed by atoms with Crippen LogP contribution in [0.5, 0.6) is 0 Å². The molecule has 1 heterocycles. The molecule has 0 aromatic heterocycles. The van der Waals surface area contributed by atoms with Gasteiger partial charge in [0.05, 0.1) is 44.2 Å². The van der Waals surface area contributed by atoms with Crippen molar-refractivity contribution in [3.8, 4) is 0 Å². The van der Waals surface area contributed by atoms with Gasteiger partial charge in [-0.1, -0.05) is 137 Å². The molecule has 1 saturated heterocycles. The van der Waals surface area contributed by atoms with Crippen LogP contribution in [0.2, 0.25) is 0 Å². The zero-order chi connectivity index (χ0) is 43.5. The number of unbranched alkanes of at least 4 members (excludes halogenated alkanes) is 15. The first-order chi connectivity index (χ1) is 28.7. The predicted octanol–water partition coefficient (Wildman–Crippen LogP) is 7.47. The quantitative estimate of drug-likeness (QED) is 0.0233. The Labute approximate surface area is 360 Å². The summed E-state index contributed by atoms with van der Waals surface area (Å²) in [5.74, 6) is -0.744. The lowest BCUT2D eigenvalue weighted by Gasteiger charge is -2.34. The van der Waals surface area contributed by atoms with E-state index in [0.717, 1.165) is 135 Å². The number of rotatable bonds is 43. The number of hydrogen-bond acceptors (Lipinski definition) is 12. The summed E-state index contributed by atoms with van der Waals surface area (Å²) in [5, 5.41) is 50.8. The van der Waals surface area contributed by atoms with Gasteiger partial charge >= 0.3 is 11.9 Å². The van der Waals surface area contributed by atoms with Gasteiger partial charge in [-0.15, -0.1) is 0 Å². The predicted molar refractivity (Wildman–Crippen MR) is 236 cm³/mol. The van der Waals surface area contributed by atoms with Crippen molar-refractivity contribution in [2.24, 2.45) is 0 Å². The number of nitrogens with zero attached hydrogens (tertiary/aromatic N) is 2. The Morgan fingerprint density at radius 3 is 1.63 bits per heavy atom. The molecule has 0 spiro atoms. The lowest BCUT2D eigenvalue weighted by atomic mass is 9.96. The summed E-state index contributed by atoms with van der Waals surface area (Å²) in [4.78, 5) is 29.1. The van der Waals surface area contributed by atoms with Crippen LogP contribution in [0.25, 0.3) is 0 Å². The highest BCUT2D eigenvalue weighted by Gasteiger charge is 2.42. The first-order valence-electron chi connectivity index (χ1n) is 24.4. The summed E-state index contributed by atoms with van der Waals surface area (Å²) in [7, 11) is 0. The lowest BCUT2D eigenvalue weighted by Crippen LogP contribution is -2.46. The standard InChI is InChI=1S/C47H92N2O10/c1-5-9-11-12-16-22-28-42(53)40(48(7-3)32-34-50)26-21-15-13-19-25-31-47(56)58-39(37-52)38-57-46(55)30-24-18-14-17-23-29-44-45(59-44)36-41(49(8-4)33-35-51)43(54)27-20-10-6-2/h39-45,50-54H,5-38H2,1-4H3. The van der Waals surface area contributed by atoms with Gasteiger partial charge in [0.2, 0.25) is 0 Å². The lowest BCUT2D eigenvalue weighted by molar-refractivity contribution is -0.161. The van der Waals surface area contributed by atoms with Crippen molar-refractivity contribution in [2.75, 3.05) is 52.6 Å². The Morgan fingerprint density at radius 1 is 0.576 bits per heavy atom. The largest absolute Gasteiger partial charge is 0.462 e. The Bertz CT molecular complexity index is 992. The van der Waals surface area contributed by atoms with E-state index in [2.05, 4.69) is 37.5 Å². The monoisotopic (exact) mass is 845 g/mol. The van der Waals surface area contributed by atoms with E-state index in [1.165, 1.54) is 25.7 Å². The van der Waals surface area contributed by atoms with E-state index in [1.54, 1.807) is 0 Å². The number of likely N-dealkylation sites (N-methyl/N-ethyl adjacent to an activating group) is 2. The molecule has 59 heavy (non-hydrogen) atoms. The van der Waals surface area contributed by atoms with Crippen LogP contribution in [0.15, 0.2) is 0 Å². The van der Waals surface area contributed by atoms with E-state index in [0.29, 0.717) is 25.9 Å². The molecule has 1 aliphatic rings. The van der Waals surface area contributed by atoms with Gasteiger partial charge in [0.25, 0.3) is 0 Å². The third-order valence-electron chi connectivity index (χ3n) is 12.2. The zero-order valence-electron chi connectivity index (χ0n) is 38.3. The molecule has 0 aliphatic carbocycles. The Morgan fingerprint density at radius 2 is 1.05 bits per heavy atom.